The van der Waals surface area contributed by atoms with Gasteiger partial charge in [-0.3, -0.25) is 4.99 Å². The molecule has 1 saturated heterocycles. The zero-order chi connectivity index (χ0) is 16.6. The van der Waals surface area contributed by atoms with E-state index in [0.29, 0.717) is 0 Å². The number of rotatable bonds is 6. The van der Waals surface area contributed by atoms with Crippen LogP contribution < -0.4 is 5.32 Å². The average molecular weight is 360 g/mol. The molecule has 5 heteroatoms. The first-order chi connectivity index (χ1) is 11.8. The molecule has 128 valence electrons. The highest BCUT2D eigenvalue weighted by Crippen LogP contribution is 2.25. The smallest absolute Gasteiger partial charge is 0.193 e. The minimum Gasteiger partial charge on any atom is -0.356 e. The van der Waals surface area contributed by atoms with Crippen LogP contribution in [-0.4, -0.2) is 43.3 Å². The molecular formula is C19H25N3S2. The quantitative estimate of drug-likeness (QED) is 0.480. The average Bonchev–Trinajstić information content (AvgIpc) is 3.30. The Bertz CT molecular complexity index is 625. The molecule has 0 spiro atoms. The van der Waals surface area contributed by atoms with Crippen LogP contribution in [0.1, 0.15) is 11.3 Å². The minimum absolute atomic E-state index is 0.742. The van der Waals surface area contributed by atoms with E-state index in [-0.39, 0.29) is 0 Å². The summed E-state index contributed by atoms with van der Waals surface area (Å²) in [5.41, 5.74) is 0. The summed E-state index contributed by atoms with van der Waals surface area (Å²) in [4.78, 5) is 9.67. The molecule has 1 aromatic heterocycles. The number of likely N-dealkylation sites (tertiary alicyclic amines) is 1. The largest absolute Gasteiger partial charge is 0.356 e. The molecule has 1 aromatic carbocycles. The van der Waals surface area contributed by atoms with Crippen molar-refractivity contribution in [2.45, 2.75) is 17.7 Å². The fourth-order valence-corrected chi connectivity index (χ4v) is 4.74. The number of nitrogens with zero attached hydrogens (tertiary/aromatic N) is 2. The fraction of sp³-hybridized carbons (Fsp3) is 0.421. The van der Waals surface area contributed by atoms with Crippen molar-refractivity contribution in [2.75, 3.05) is 32.4 Å². The van der Waals surface area contributed by atoms with E-state index in [2.05, 4.69) is 63.1 Å². The maximum Gasteiger partial charge on any atom is 0.193 e. The van der Waals surface area contributed by atoms with E-state index < -0.39 is 0 Å². The normalized spacial score (nSPS) is 18.1. The molecule has 0 saturated carbocycles. The lowest BCUT2D eigenvalue weighted by Gasteiger charge is -2.21. The number of aliphatic imine (C=N–C) groups is 1. The first kappa shape index (κ1) is 17.4. The van der Waals surface area contributed by atoms with Gasteiger partial charge in [0.05, 0.1) is 0 Å². The van der Waals surface area contributed by atoms with E-state index in [1.165, 1.54) is 21.9 Å². The van der Waals surface area contributed by atoms with E-state index >= 15 is 0 Å². The lowest BCUT2D eigenvalue weighted by Crippen LogP contribution is -2.40. The molecule has 0 aliphatic carbocycles. The van der Waals surface area contributed by atoms with Crippen LogP contribution in [0, 0.1) is 5.92 Å². The topological polar surface area (TPSA) is 27.6 Å². The Labute approximate surface area is 153 Å². The zero-order valence-electron chi connectivity index (χ0n) is 14.1. The van der Waals surface area contributed by atoms with Crippen LogP contribution in [0.15, 0.2) is 57.7 Å². The van der Waals surface area contributed by atoms with Gasteiger partial charge >= 0.3 is 0 Å². The van der Waals surface area contributed by atoms with Gasteiger partial charge in [-0.2, -0.15) is 0 Å². The molecule has 2 heterocycles. The van der Waals surface area contributed by atoms with Gasteiger partial charge in [-0.05, 0) is 42.3 Å². The number of nitrogens with one attached hydrogen (secondary N) is 1. The second kappa shape index (κ2) is 9.14. The Kier molecular flexibility index (Phi) is 6.61. The van der Waals surface area contributed by atoms with Gasteiger partial charge in [-0.15, -0.1) is 23.1 Å². The van der Waals surface area contributed by atoms with Crippen molar-refractivity contribution in [2.24, 2.45) is 10.9 Å². The second-order valence-corrected chi connectivity index (χ2v) is 8.15. The zero-order valence-corrected chi connectivity index (χ0v) is 15.8. The molecule has 0 amide bonds. The summed E-state index contributed by atoms with van der Waals surface area (Å²) in [6.45, 7) is 3.17. The van der Waals surface area contributed by atoms with E-state index in [1.54, 1.807) is 0 Å². The van der Waals surface area contributed by atoms with Gasteiger partial charge in [0.1, 0.15) is 0 Å². The minimum atomic E-state index is 0.742. The summed E-state index contributed by atoms with van der Waals surface area (Å²) in [7, 11) is 1.89. The van der Waals surface area contributed by atoms with E-state index in [1.807, 2.05) is 30.1 Å². The van der Waals surface area contributed by atoms with Crippen LogP contribution in [-0.2, 0) is 6.42 Å². The molecule has 2 aromatic rings. The van der Waals surface area contributed by atoms with Gasteiger partial charge in [0.25, 0.3) is 0 Å². The summed E-state index contributed by atoms with van der Waals surface area (Å²) in [5, 5.41) is 5.66. The number of guanidine groups is 1. The number of thiophene rings is 1. The maximum absolute atomic E-state index is 4.47. The summed E-state index contributed by atoms with van der Waals surface area (Å²) in [5.74, 6) is 2.98. The number of thioether (sulfide) groups is 1. The van der Waals surface area contributed by atoms with Crippen LogP contribution in [0.2, 0.25) is 0 Å². The Morgan fingerprint density at radius 1 is 1.29 bits per heavy atom. The van der Waals surface area contributed by atoms with Crippen molar-refractivity contribution < 1.29 is 0 Å². The molecular weight excluding hydrogens is 334 g/mol. The predicted molar refractivity (Wildman–Crippen MR) is 106 cm³/mol. The Balaban J connectivity index is 1.41. The molecule has 1 N–H and O–H groups in total. The highest BCUT2D eigenvalue weighted by Gasteiger charge is 2.24. The standard InChI is InChI=1S/C19H25N3S2/c1-20-19(21-11-9-18-8-5-13-23-18)22-12-10-16(14-22)15-24-17-6-3-2-4-7-17/h2-8,13,16H,9-12,14-15H2,1H3,(H,20,21). The summed E-state index contributed by atoms with van der Waals surface area (Å²) >= 11 is 3.79. The summed E-state index contributed by atoms with van der Waals surface area (Å²) < 4.78 is 0. The van der Waals surface area contributed by atoms with Gasteiger partial charge in [-0.1, -0.05) is 24.3 Å². The van der Waals surface area contributed by atoms with Crippen molar-refractivity contribution in [3.05, 3.63) is 52.7 Å². The van der Waals surface area contributed by atoms with Crippen molar-refractivity contribution >= 4 is 29.1 Å². The monoisotopic (exact) mass is 359 g/mol. The third kappa shape index (κ3) is 5.02. The lowest BCUT2D eigenvalue weighted by atomic mass is 10.2. The van der Waals surface area contributed by atoms with Crippen LogP contribution in [0.3, 0.4) is 0 Å². The summed E-state index contributed by atoms with van der Waals surface area (Å²) in [6, 6.07) is 15.0. The van der Waals surface area contributed by atoms with Gasteiger partial charge in [-0.25, -0.2) is 0 Å². The number of hydrogen-bond donors (Lipinski definition) is 1. The molecule has 1 aliphatic heterocycles. The number of benzene rings is 1. The molecule has 3 nitrogen and oxygen atoms in total. The van der Waals surface area contributed by atoms with Gasteiger partial charge in [0, 0.05) is 42.2 Å². The van der Waals surface area contributed by atoms with Crippen molar-refractivity contribution in [1.29, 1.82) is 0 Å². The van der Waals surface area contributed by atoms with Crippen LogP contribution in [0.5, 0.6) is 0 Å². The second-order valence-electron chi connectivity index (χ2n) is 6.03. The van der Waals surface area contributed by atoms with Crippen LogP contribution in [0.4, 0.5) is 0 Å². The fourth-order valence-electron chi connectivity index (χ4n) is 2.98. The van der Waals surface area contributed by atoms with Crippen LogP contribution in [0.25, 0.3) is 0 Å². The van der Waals surface area contributed by atoms with Gasteiger partial charge in [0.2, 0.25) is 0 Å². The third-order valence-electron chi connectivity index (χ3n) is 4.26. The van der Waals surface area contributed by atoms with Crippen molar-refractivity contribution in [3.63, 3.8) is 0 Å². The highest BCUT2D eigenvalue weighted by molar-refractivity contribution is 7.99. The van der Waals surface area contributed by atoms with Crippen molar-refractivity contribution in [3.8, 4) is 0 Å². The molecule has 1 aliphatic rings. The molecule has 0 bridgehead atoms. The maximum atomic E-state index is 4.47. The third-order valence-corrected chi connectivity index (χ3v) is 6.44. The van der Waals surface area contributed by atoms with Gasteiger partial charge < -0.3 is 10.2 Å². The Morgan fingerprint density at radius 3 is 2.92 bits per heavy atom. The SMILES string of the molecule is CN=C(NCCc1cccs1)N1CCC(CSc2ccccc2)C1. The van der Waals surface area contributed by atoms with E-state index in [0.717, 1.165) is 37.9 Å². The highest BCUT2D eigenvalue weighted by atomic mass is 32.2. The molecule has 1 fully saturated rings. The Morgan fingerprint density at radius 2 is 2.17 bits per heavy atom. The van der Waals surface area contributed by atoms with E-state index in [9.17, 15) is 0 Å². The van der Waals surface area contributed by atoms with Gasteiger partial charge in [0.15, 0.2) is 5.96 Å². The molecule has 1 unspecified atom stereocenters. The first-order valence-corrected chi connectivity index (χ1v) is 10.4. The van der Waals surface area contributed by atoms with Crippen LogP contribution >= 0.6 is 23.1 Å². The lowest BCUT2D eigenvalue weighted by molar-refractivity contribution is 0.475. The van der Waals surface area contributed by atoms with Crippen molar-refractivity contribution in [1.82, 2.24) is 10.2 Å². The molecule has 0 radical (unpaired) electrons. The molecule has 3 rings (SSSR count). The summed E-state index contributed by atoms with van der Waals surface area (Å²) in [6.07, 6.45) is 2.32. The van der Waals surface area contributed by atoms with E-state index in [4.69, 9.17) is 0 Å². The first-order valence-electron chi connectivity index (χ1n) is 8.51. The number of hydrogen-bond acceptors (Lipinski definition) is 3. The Hall–Kier alpha value is -1.46. The molecule has 24 heavy (non-hydrogen) atoms. The molecule has 1 atom stereocenters. The predicted octanol–water partition coefficient (Wildman–Crippen LogP) is 3.98.